The van der Waals surface area contributed by atoms with E-state index >= 15 is 0 Å². The van der Waals surface area contributed by atoms with Crippen molar-refractivity contribution in [2.45, 2.75) is 23.3 Å². The summed E-state index contributed by atoms with van der Waals surface area (Å²) in [6, 6.07) is 19.4. The lowest BCUT2D eigenvalue weighted by atomic mass is 10.1. The molecule has 0 saturated heterocycles. The fourth-order valence-corrected chi connectivity index (χ4v) is 4.21. The quantitative estimate of drug-likeness (QED) is 0.795. The SMILES string of the molecule is NC(CSc1cccc(Br)c1)C1CC1c1ccccc1. The maximum Gasteiger partial charge on any atom is 0.0186 e. The molecule has 0 spiro atoms. The minimum Gasteiger partial charge on any atom is -0.327 e. The van der Waals surface area contributed by atoms with Crippen LogP contribution in [0.25, 0.3) is 0 Å². The van der Waals surface area contributed by atoms with Crippen LogP contribution in [0.4, 0.5) is 0 Å². The summed E-state index contributed by atoms with van der Waals surface area (Å²) in [6.45, 7) is 0. The molecule has 1 aliphatic carbocycles. The predicted octanol–water partition coefficient (Wildman–Crippen LogP) is 4.67. The third kappa shape index (κ3) is 3.46. The minimum absolute atomic E-state index is 0.282. The summed E-state index contributed by atoms with van der Waals surface area (Å²) in [4.78, 5) is 1.28. The Kier molecular flexibility index (Phi) is 4.49. The van der Waals surface area contributed by atoms with E-state index in [9.17, 15) is 0 Å². The van der Waals surface area contributed by atoms with Crippen LogP contribution >= 0.6 is 27.7 Å². The topological polar surface area (TPSA) is 26.0 Å². The Labute approximate surface area is 133 Å². The van der Waals surface area contributed by atoms with Crippen LogP contribution in [0, 0.1) is 5.92 Å². The van der Waals surface area contributed by atoms with Crippen molar-refractivity contribution in [1.82, 2.24) is 0 Å². The normalized spacial score (nSPS) is 22.5. The maximum absolute atomic E-state index is 6.36. The Balaban J connectivity index is 1.53. The molecule has 3 heteroatoms. The molecule has 2 N–H and O–H groups in total. The van der Waals surface area contributed by atoms with E-state index in [0.29, 0.717) is 11.8 Å². The molecule has 104 valence electrons. The van der Waals surface area contributed by atoms with Gasteiger partial charge in [-0.15, -0.1) is 11.8 Å². The van der Waals surface area contributed by atoms with E-state index in [1.54, 1.807) is 0 Å². The Morgan fingerprint density at radius 3 is 2.70 bits per heavy atom. The summed E-state index contributed by atoms with van der Waals surface area (Å²) in [5.74, 6) is 2.32. The van der Waals surface area contributed by atoms with Gasteiger partial charge in [-0.3, -0.25) is 0 Å². The largest absolute Gasteiger partial charge is 0.327 e. The molecule has 20 heavy (non-hydrogen) atoms. The first-order chi connectivity index (χ1) is 9.74. The molecule has 0 radical (unpaired) electrons. The molecule has 3 rings (SSSR count). The van der Waals surface area contributed by atoms with E-state index in [1.165, 1.54) is 16.9 Å². The van der Waals surface area contributed by atoms with Crippen LogP contribution in [0.2, 0.25) is 0 Å². The highest BCUT2D eigenvalue weighted by molar-refractivity contribution is 9.10. The van der Waals surface area contributed by atoms with Crippen molar-refractivity contribution in [1.29, 1.82) is 0 Å². The second kappa shape index (κ2) is 6.33. The van der Waals surface area contributed by atoms with E-state index in [2.05, 4.69) is 70.5 Å². The average Bonchev–Trinajstić information content (AvgIpc) is 3.26. The molecule has 3 unspecified atom stereocenters. The van der Waals surface area contributed by atoms with Crippen LogP contribution in [0.3, 0.4) is 0 Å². The zero-order chi connectivity index (χ0) is 13.9. The van der Waals surface area contributed by atoms with Crippen LogP contribution in [-0.4, -0.2) is 11.8 Å². The van der Waals surface area contributed by atoms with E-state index in [4.69, 9.17) is 5.73 Å². The van der Waals surface area contributed by atoms with E-state index in [1.807, 2.05) is 11.8 Å². The standard InChI is InChI=1S/C17H18BrNS/c18-13-7-4-8-14(9-13)20-11-17(19)16-10-15(16)12-5-2-1-3-6-12/h1-9,15-17H,10-11,19H2. The number of benzene rings is 2. The van der Waals surface area contributed by atoms with Crippen LogP contribution < -0.4 is 5.73 Å². The summed E-state index contributed by atoms with van der Waals surface area (Å²) in [5, 5.41) is 0. The molecule has 1 fully saturated rings. The second-order valence-electron chi connectivity index (χ2n) is 5.35. The first-order valence-corrected chi connectivity index (χ1v) is 8.71. The van der Waals surface area contributed by atoms with Gasteiger partial charge < -0.3 is 5.73 Å². The van der Waals surface area contributed by atoms with Crippen molar-refractivity contribution in [3.63, 3.8) is 0 Å². The highest BCUT2D eigenvalue weighted by Gasteiger charge is 2.42. The maximum atomic E-state index is 6.36. The fourth-order valence-electron chi connectivity index (χ4n) is 2.64. The highest BCUT2D eigenvalue weighted by Crippen LogP contribution is 2.49. The zero-order valence-electron chi connectivity index (χ0n) is 11.2. The Morgan fingerprint density at radius 1 is 1.15 bits per heavy atom. The Bertz CT molecular complexity index is 572. The van der Waals surface area contributed by atoms with E-state index < -0.39 is 0 Å². The molecule has 2 aromatic carbocycles. The summed E-state index contributed by atoms with van der Waals surface area (Å²) >= 11 is 5.36. The third-order valence-electron chi connectivity index (χ3n) is 3.86. The molecule has 3 atom stereocenters. The number of rotatable bonds is 5. The van der Waals surface area contributed by atoms with Crippen LogP contribution in [-0.2, 0) is 0 Å². The van der Waals surface area contributed by atoms with Gasteiger partial charge in [0.05, 0.1) is 0 Å². The zero-order valence-corrected chi connectivity index (χ0v) is 13.6. The monoisotopic (exact) mass is 347 g/mol. The van der Waals surface area contributed by atoms with Crippen molar-refractivity contribution < 1.29 is 0 Å². The molecule has 1 aliphatic rings. The summed E-state index contributed by atoms with van der Waals surface area (Å²) in [6.07, 6.45) is 1.24. The lowest BCUT2D eigenvalue weighted by molar-refractivity contribution is 0.640. The third-order valence-corrected chi connectivity index (χ3v) is 5.49. The van der Waals surface area contributed by atoms with Gasteiger partial charge in [0.1, 0.15) is 0 Å². The highest BCUT2D eigenvalue weighted by atomic mass is 79.9. The molecule has 0 aliphatic heterocycles. The number of thioether (sulfide) groups is 1. The van der Waals surface area contributed by atoms with Gasteiger partial charge in [-0.2, -0.15) is 0 Å². The van der Waals surface area contributed by atoms with Crippen LogP contribution in [0.5, 0.6) is 0 Å². The van der Waals surface area contributed by atoms with E-state index in [-0.39, 0.29) is 6.04 Å². The van der Waals surface area contributed by atoms with Gasteiger partial charge in [0, 0.05) is 21.2 Å². The second-order valence-corrected chi connectivity index (χ2v) is 7.36. The molecule has 0 bridgehead atoms. The molecule has 2 aromatic rings. The summed E-state index contributed by atoms with van der Waals surface area (Å²) in [5.41, 5.74) is 7.80. The molecule has 0 aromatic heterocycles. The molecule has 1 nitrogen and oxygen atoms in total. The van der Waals surface area contributed by atoms with Crippen molar-refractivity contribution in [2.24, 2.45) is 11.7 Å². The summed E-state index contributed by atoms with van der Waals surface area (Å²) < 4.78 is 1.13. The lowest BCUT2D eigenvalue weighted by Crippen LogP contribution is -2.25. The Hall–Kier alpha value is -0.770. The number of hydrogen-bond acceptors (Lipinski definition) is 2. The number of hydrogen-bond donors (Lipinski definition) is 1. The average molecular weight is 348 g/mol. The van der Waals surface area contributed by atoms with Crippen molar-refractivity contribution in [3.8, 4) is 0 Å². The molecule has 1 saturated carbocycles. The minimum atomic E-state index is 0.282. The van der Waals surface area contributed by atoms with Gasteiger partial charge >= 0.3 is 0 Å². The fraction of sp³-hybridized carbons (Fsp3) is 0.294. The first-order valence-electron chi connectivity index (χ1n) is 6.93. The molecular formula is C17H18BrNS. The van der Waals surface area contributed by atoms with Gasteiger partial charge in [-0.1, -0.05) is 52.3 Å². The molecule has 0 amide bonds. The van der Waals surface area contributed by atoms with Crippen molar-refractivity contribution in [2.75, 3.05) is 5.75 Å². The predicted molar refractivity (Wildman–Crippen MR) is 90.1 cm³/mol. The lowest BCUT2D eigenvalue weighted by Gasteiger charge is -2.11. The first kappa shape index (κ1) is 14.2. The smallest absolute Gasteiger partial charge is 0.0186 e. The van der Waals surface area contributed by atoms with Gasteiger partial charge in [-0.25, -0.2) is 0 Å². The summed E-state index contributed by atoms with van der Waals surface area (Å²) in [7, 11) is 0. The van der Waals surface area contributed by atoms with Gasteiger partial charge in [-0.05, 0) is 42.0 Å². The van der Waals surface area contributed by atoms with Gasteiger partial charge in [0.15, 0.2) is 0 Å². The van der Waals surface area contributed by atoms with Crippen LogP contribution in [0.15, 0.2) is 64.0 Å². The molecular weight excluding hydrogens is 330 g/mol. The molecule has 0 heterocycles. The van der Waals surface area contributed by atoms with Gasteiger partial charge in [0.25, 0.3) is 0 Å². The Morgan fingerprint density at radius 2 is 1.95 bits per heavy atom. The number of nitrogens with two attached hydrogens (primary N) is 1. The van der Waals surface area contributed by atoms with Crippen molar-refractivity contribution in [3.05, 3.63) is 64.6 Å². The van der Waals surface area contributed by atoms with Crippen LogP contribution in [0.1, 0.15) is 17.9 Å². The van der Waals surface area contributed by atoms with Crippen molar-refractivity contribution >= 4 is 27.7 Å². The van der Waals surface area contributed by atoms with E-state index in [0.717, 1.165) is 10.2 Å². The number of halogens is 1. The van der Waals surface area contributed by atoms with Gasteiger partial charge in [0.2, 0.25) is 0 Å².